The normalized spacial score (nSPS) is 34.5. The topological polar surface area (TPSA) is 0 Å². The van der Waals surface area contributed by atoms with Crippen LogP contribution in [0.1, 0.15) is 51.9 Å². The number of rotatable bonds is 3. The molecule has 2 rings (SSSR count). The first-order valence-corrected chi connectivity index (χ1v) is 5.95. The summed E-state index contributed by atoms with van der Waals surface area (Å²) in [6.45, 7) is 6.68. The average Bonchev–Trinajstić information content (AvgIpc) is 2.91. The second-order valence-corrected chi connectivity index (χ2v) is 5.16. The average molecular weight is 178 g/mol. The zero-order chi connectivity index (χ0) is 9.26. The van der Waals surface area contributed by atoms with E-state index >= 15 is 0 Å². The van der Waals surface area contributed by atoms with E-state index in [1.807, 2.05) is 0 Å². The van der Waals surface area contributed by atoms with Crippen molar-refractivity contribution >= 4 is 0 Å². The van der Waals surface area contributed by atoms with E-state index in [-0.39, 0.29) is 0 Å². The van der Waals surface area contributed by atoms with Gasteiger partial charge >= 0.3 is 0 Å². The molecule has 74 valence electrons. The van der Waals surface area contributed by atoms with Crippen LogP contribution in [-0.4, -0.2) is 0 Å². The summed E-state index contributed by atoms with van der Waals surface area (Å²) in [5.41, 5.74) is 1.57. The van der Waals surface area contributed by atoms with Crippen LogP contribution in [0.25, 0.3) is 0 Å². The highest BCUT2D eigenvalue weighted by Gasteiger charge is 2.28. The van der Waals surface area contributed by atoms with Gasteiger partial charge in [-0.05, 0) is 43.4 Å². The maximum absolute atomic E-state index is 4.25. The van der Waals surface area contributed by atoms with Crippen LogP contribution in [0, 0.1) is 17.8 Å². The molecule has 0 radical (unpaired) electrons. The summed E-state index contributed by atoms with van der Waals surface area (Å²) < 4.78 is 0. The van der Waals surface area contributed by atoms with Crippen molar-refractivity contribution in [1.29, 1.82) is 0 Å². The maximum atomic E-state index is 4.25. The van der Waals surface area contributed by atoms with Crippen molar-refractivity contribution < 1.29 is 0 Å². The Hall–Kier alpha value is -0.260. The second kappa shape index (κ2) is 3.86. The van der Waals surface area contributed by atoms with E-state index in [0.717, 1.165) is 17.8 Å². The standard InChI is InChI=1S/C13H22/c1-10-5-3-4-6-13(10)9-11(2)12-7-8-12/h10,12-13H,2-9H2,1H3. The molecular weight excluding hydrogens is 156 g/mol. The lowest BCUT2D eigenvalue weighted by atomic mass is 9.77. The third-order valence-corrected chi connectivity index (χ3v) is 3.97. The zero-order valence-electron chi connectivity index (χ0n) is 8.89. The smallest absolute Gasteiger partial charge is 0.0205 e. The fourth-order valence-electron chi connectivity index (χ4n) is 2.69. The van der Waals surface area contributed by atoms with Crippen LogP contribution >= 0.6 is 0 Å². The molecule has 0 saturated heterocycles. The lowest BCUT2D eigenvalue weighted by Gasteiger charge is -2.29. The van der Waals surface area contributed by atoms with Crippen molar-refractivity contribution in [3.05, 3.63) is 12.2 Å². The number of hydrogen-bond acceptors (Lipinski definition) is 0. The Balaban J connectivity index is 1.81. The summed E-state index contributed by atoms with van der Waals surface area (Å²) in [4.78, 5) is 0. The van der Waals surface area contributed by atoms with Crippen LogP contribution in [0.5, 0.6) is 0 Å². The zero-order valence-corrected chi connectivity index (χ0v) is 8.89. The van der Waals surface area contributed by atoms with Crippen LogP contribution in [0.4, 0.5) is 0 Å². The van der Waals surface area contributed by atoms with E-state index in [1.54, 1.807) is 5.57 Å². The Labute approximate surface area is 82.4 Å². The van der Waals surface area contributed by atoms with Crippen molar-refractivity contribution in [1.82, 2.24) is 0 Å². The number of allylic oxidation sites excluding steroid dienone is 1. The van der Waals surface area contributed by atoms with Gasteiger partial charge in [-0.15, -0.1) is 0 Å². The number of hydrogen-bond donors (Lipinski definition) is 0. The quantitative estimate of drug-likeness (QED) is 0.569. The lowest BCUT2D eigenvalue weighted by molar-refractivity contribution is 0.252. The van der Waals surface area contributed by atoms with Crippen molar-refractivity contribution in [2.45, 2.75) is 51.9 Å². The van der Waals surface area contributed by atoms with Gasteiger partial charge in [0.25, 0.3) is 0 Å². The van der Waals surface area contributed by atoms with Gasteiger partial charge in [0.2, 0.25) is 0 Å². The highest BCUT2D eigenvalue weighted by atomic mass is 14.3. The molecule has 2 aliphatic carbocycles. The molecule has 2 aliphatic rings. The molecule has 0 aromatic carbocycles. The van der Waals surface area contributed by atoms with Gasteiger partial charge in [0.05, 0.1) is 0 Å². The molecule has 2 fully saturated rings. The van der Waals surface area contributed by atoms with Crippen LogP contribution < -0.4 is 0 Å². The minimum Gasteiger partial charge on any atom is -0.0996 e. The van der Waals surface area contributed by atoms with E-state index in [0.29, 0.717) is 0 Å². The summed E-state index contributed by atoms with van der Waals surface area (Å²) in [6, 6.07) is 0. The van der Waals surface area contributed by atoms with Crippen molar-refractivity contribution in [2.75, 3.05) is 0 Å². The third kappa shape index (κ3) is 2.36. The molecule has 13 heavy (non-hydrogen) atoms. The molecule has 0 nitrogen and oxygen atoms in total. The maximum Gasteiger partial charge on any atom is -0.0205 e. The SMILES string of the molecule is C=C(CC1CCCCC1C)C1CC1. The van der Waals surface area contributed by atoms with E-state index in [1.165, 1.54) is 44.9 Å². The van der Waals surface area contributed by atoms with E-state index in [9.17, 15) is 0 Å². The van der Waals surface area contributed by atoms with Gasteiger partial charge in [0, 0.05) is 0 Å². The fraction of sp³-hybridized carbons (Fsp3) is 0.846. The second-order valence-electron chi connectivity index (χ2n) is 5.16. The first-order valence-electron chi connectivity index (χ1n) is 5.95. The predicted molar refractivity (Wildman–Crippen MR) is 57.6 cm³/mol. The van der Waals surface area contributed by atoms with Crippen molar-refractivity contribution in [3.63, 3.8) is 0 Å². The van der Waals surface area contributed by atoms with E-state index < -0.39 is 0 Å². The summed E-state index contributed by atoms with van der Waals surface area (Å²) in [5.74, 6) is 2.86. The molecule has 0 aromatic heterocycles. The Morgan fingerprint density at radius 3 is 2.46 bits per heavy atom. The first kappa shape index (κ1) is 9.30. The predicted octanol–water partition coefficient (Wildman–Crippen LogP) is 4.17. The van der Waals surface area contributed by atoms with Gasteiger partial charge in [0.15, 0.2) is 0 Å². The molecule has 0 aliphatic heterocycles. The van der Waals surface area contributed by atoms with Crippen LogP contribution in [-0.2, 0) is 0 Å². The summed E-state index contributed by atoms with van der Waals surface area (Å²) in [5, 5.41) is 0. The van der Waals surface area contributed by atoms with Crippen LogP contribution in [0.15, 0.2) is 12.2 Å². The third-order valence-electron chi connectivity index (χ3n) is 3.97. The summed E-state index contributed by atoms with van der Waals surface area (Å²) >= 11 is 0. The van der Waals surface area contributed by atoms with E-state index in [4.69, 9.17) is 0 Å². The molecule has 2 unspecified atom stereocenters. The monoisotopic (exact) mass is 178 g/mol. The first-order chi connectivity index (χ1) is 6.27. The minimum absolute atomic E-state index is 0.925. The highest BCUT2D eigenvalue weighted by Crippen LogP contribution is 2.42. The highest BCUT2D eigenvalue weighted by molar-refractivity contribution is 5.08. The Kier molecular flexibility index (Phi) is 2.76. The Morgan fingerprint density at radius 2 is 1.85 bits per heavy atom. The van der Waals surface area contributed by atoms with Gasteiger partial charge < -0.3 is 0 Å². The molecule has 0 aromatic rings. The largest absolute Gasteiger partial charge is 0.0996 e. The molecule has 0 spiro atoms. The lowest BCUT2D eigenvalue weighted by Crippen LogP contribution is -2.17. The summed E-state index contributed by atoms with van der Waals surface area (Å²) in [6.07, 6.45) is 10.1. The van der Waals surface area contributed by atoms with Gasteiger partial charge in [0.1, 0.15) is 0 Å². The molecule has 0 heterocycles. The van der Waals surface area contributed by atoms with Gasteiger partial charge in [-0.1, -0.05) is 38.3 Å². The molecular formula is C13H22. The molecule has 2 saturated carbocycles. The molecule has 0 bridgehead atoms. The van der Waals surface area contributed by atoms with Gasteiger partial charge in [-0.2, -0.15) is 0 Å². The minimum atomic E-state index is 0.925. The van der Waals surface area contributed by atoms with Gasteiger partial charge in [-0.25, -0.2) is 0 Å². The summed E-state index contributed by atoms with van der Waals surface area (Å²) in [7, 11) is 0. The van der Waals surface area contributed by atoms with Crippen molar-refractivity contribution in [3.8, 4) is 0 Å². The molecule has 0 amide bonds. The van der Waals surface area contributed by atoms with Crippen LogP contribution in [0.2, 0.25) is 0 Å². The van der Waals surface area contributed by atoms with Crippen LogP contribution in [0.3, 0.4) is 0 Å². The Morgan fingerprint density at radius 1 is 1.15 bits per heavy atom. The molecule has 2 atom stereocenters. The van der Waals surface area contributed by atoms with Gasteiger partial charge in [-0.3, -0.25) is 0 Å². The van der Waals surface area contributed by atoms with E-state index in [2.05, 4.69) is 13.5 Å². The fourth-order valence-corrected chi connectivity index (χ4v) is 2.69. The molecule has 0 N–H and O–H groups in total. The Bertz CT molecular complexity index is 188. The molecule has 0 heteroatoms. The van der Waals surface area contributed by atoms with Crippen molar-refractivity contribution in [2.24, 2.45) is 17.8 Å².